The zero-order valence-electron chi connectivity index (χ0n) is 13.3. The lowest BCUT2D eigenvalue weighted by Crippen LogP contribution is -2.43. The second kappa shape index (κ2) is 6.78. The first-order chi connectivity index (χ1) is 9.40. The summed E-state index contributed by atoms with van der Waals surface area (Å²) in [5.41, 5.74) is 0. The van der Waals surface area contributed by atoms with Crippen LogP contribution in [0.1, 0.15) is 58.3 Å². The Morgan fingerprint density at radius 2 is 1.65 bits per heavy atom. The summed E-state index contributed by atoms with van der Waals surface area (Å²) in [5, 5.41) is -0.106. The summed E-state index contributed by atoms with van der Waals surface area (Å²) < 4.78 is 25.6. The molecule has 0 bridgehead atoms. The standard InChI is InChI=1S/C16H31NO2S/c1-13-9-10-15(17(2)3)11-16(13)20(18,19)12-14-7-5-4-6-8-14/h13-16H,4-12H2,1-3H3. The molecule has 118 valence electrons. The van der Waals surface area contributed by atoms with Crippen molar-refractivity contribution >= 4 is 9.84 Å². The van der Waals surface area contributed by atoms with Crippen molar-refractivity contribution in [1.82, 2.24) is 4.90 Å². The van der Waals surface area contributed by atoms with Gasteiger partial charge in [-0.1, -0.05) is 26.2 Å². The molecule has 2 fully saturated rings. The summed E-state index contributed by atoms with van der Waals surface area (Å²) >= 11 is 0. The largest absolute Gasteiger partial charge is 0.306 e. The Morgan fingerprint density at radius 3 is 2.25 bits per heavy atom. The second-order valence-electron chi connectivity index (χ2n) is 7.28. The molecule has 0 aromatic carbocycles. The van der Waals surface area contributed by atoms with Crippen molar-refractivity contribution in [3.63, 3.8) is 0 Å². The predicted molar refractivity (Wildman–Crippen MR) is 84.6 cm³/mol. The number of hydrogen-bond acceptors (Lipinski definition) is 3. The van der Waals surface area contributed by atoms with Gasteiger partial charge in [0, 0.05) is 6.04 Å². The van der Waals surface area contributed by atoms with Crippen molar-refractivity contribution in [3.8, 4) is 0 Å². The SMILES string of the molecule is CC1CCC(N(C)C)CC1S(=O)(=O)CC1CCCCC1. The molecule has 0 saturated heterocycles. The molecule has 0 heterocycles. The molecule has 2 aliphatic carbocycles. The maximum atomic E-state index is 12.8. The Kier molecular flexibility index (Phi) is 5.52. The van der Waals surface area contributed by atoms with Crippen molar-refractivity contribution in [2.45, 2.75) is 69.6 Å². The molecule has 3 atom stereocenters. The van der Waals surface area contributed by atoms with E-state index in [1.807, 2.05) is 0 Å². The topological polar surface area (TPSA) is 37.4 Å². The fourth-order valence-corrected chi connectivity index (χ4v) is 6.63. The summed E-state index contributed by atoms with van der Waals surface area (Å²) in [5.74, 6) is 1.21. The Labute approximate surface area is 125 Å². The van der Waals surface area contributed by atoms with Gasteiger partial charge in [0.25, 0.3) is 0 Å². The second-order valence-corrected chi connectivity index (χ2v) is 9.54. The van der Waals surface area contributed by atoms with Crippen molar-refractivity contribution in [1.29, 1.82) is 0 Å². The Hall–Kier alpha value is -0.0900. The normalized spacial score (nSPS) is 33.5. The molecule has 0 aliphatic heterocycles. The lowest BCUT2D eigenvalue weighted by molar-refractivity contribution is 0.202. The minimum absolute atomic E-state index is 0.106. The third-order valence-electron chi connectivity index (χ3n) is 5.48. The van der Waals surface area contributed by atoms with Crippen LogP contribution in [0.5, 0.6) is 0 Å². The van der Waals surface area contributed by atoms with Crippen molar-refractivity contribution in [3.05, 3.63) is 0 Å². The minimum Gasteiger partial charge on any atom is -0.306 e. The molecule has 0 amide bonds. The Morgan fingerprint density at radius 1 is 1.00 bits per heavy atom. The summed E-state index contributed by atoms with van der Waals surface area (Å²) in [6, 6.07) is 0.442. The average Bonchev–Trinajstić information content (AvgIpc) is 2.39. The first kappa shape index (κ1) is 16.3. The van der Waals surface area contributed by atoms with Gasteiger partial charge in [-0.05, 0) is 58.0 Å². The Bertz CT molecular complexity index is 399. The van der Waals surface area contributed by atoms with Crippen molar-refractivity contribution in [2.75, 3.05) is 19.8 Å². The van der Waals surface area contributed by atoms with Crippen LogP contribution < -0.4 is 0 Å². The van der Waals surface area contributed by atoms with E-state index < -0.39 is 9.84 Å². The lowest BCUT2D eigenvalue weighted by Gasteiger charge is -2.37. The quantitative estimate of drug-likeness (QED) is 0.801. The lowest BCUT2D eigenvalue weighted by atomic mass is 9.86. The average molecular weight is 301 g/mol. The highest BCUT2D eigenvalue weighted by molar-refractivity contribution is 7.92. The van der Waals surface area contributed by atoms with Gasteiger partial charge in [0.15, 0.2) is 9.84 Å². The zero-order chi connectivity index (χ0) is 14.8. The van der Waals surface area contributed by atoms with Gasteiger partial charge in [-0.3, -0.25) is 0 Å². The highest BCUT2D eigenvalue weighted by Gasteiger charge is 2.38. The molecule has 3 unspecified atom stereocenters. The fourth-order valence-electron chi connectivity index (χ4n) is 4.03. The Balaban J connectivity index is 2.02. The van der Waals surface area contributed by atoms with Gasteiger partial charge in [0.2, 0.25) is 0 Å². The van der Waals surface area contributed by atoms with E-state index in [-0.39, 0.29) is 5.25 Å². The molecule has 2 rings (SSSR count). The molecule has 0 N–H and O–H groups in total. The third kappa shape index (κ3) is 3.97. The highest BCUT2D eigenvalue weighted by Crippen LogP contribution is 2.34. The van der Waals surface area contributed by atoms with E-state index in [1.165, 1.54) is 19.3 Å². The molecule has 4 heteroatoms. The van der Waals surface area contributed by atoms with Crippen LogP contribution >= 0.6 is 0 Å². The predicted octanol–water partition coefficient (Wildman–Crippen LogP) is 3.10. The summed E-state index contributed by atoms with van der Waals surface area (Å²) in [7, 11) is 1.22. The van der Waals surface area contributed by atoms with Gasteiger partial charge in [0.05, 0.1) is 11.0 Å². The van der Waals surface area contributed by atoms with E-state index >= 15 is 0 Å². The van der Waals surface area contributed by atoms with Crippen molar-refractivity contribution in [2.24, 2.45) is 11.8 Å². The van der Waals surface area contributed by atoms with E-state index in [9.17, 15) is 8.42 Å². The molecule has 2 saturated carbocycles. The molecule has 3 nitrogen and oxygen atoms in total. The van der Waals surface area contributed by atoms with E-state index in [0.717, 1.165) is 32.1 Å². The first-order valence-corrected chi connectivity index (χ1v) is 9.99. The van der Waals surface area contributed by atoms with Crippen LogP contribution in [0.3, 0.4) is 0 Å². The van der Waals surface area contributed by atoms with Crippen LogP contribution in [0.15, 0.2) is 0 Å². The number of rotatable bonds is 4. The van der Waals surface area contributed by atoms with Crippen molar-refractivity contribution < 1.29 is 8.42 Å². The van der Waals surface area contributed by atoms with Crippen LogP contribution in [0.4, 0.5) is 0 Å². The van der Waals surface area contributed by atoms with Gasteiger partial charge >= 0.3 is 0 Å². The van der Waals surface area contributed by atoms with Crippen LogP contribution in [0, 0.1) is 11.8 Å². The van der Waals surface area contributed by atoms with E-state index in [4.69, 9.17) is 0 Å². The third-order valence-corrected chi connectivity index (χ3v) is 7.99. The molecule has 0 aromatic heterocycles. The van der Waals surface area contributed by atoms with E-state index in [2.05, 4.69) is 25.9 Å². The number of nitrogens with zero attached hydrogens (tertiary/aromatic N) is 1. The molecule has 0 spiro atoms. The van der Waals surface area contributed by atoms with E-state index in [1.54, 1.807) is 0 Å². The van der Waals surface area contributed by atoms with E-state index in [0.29, 0.717) is 23.6 Å². The minimum atomic E-state index is -2.93. The smallest absolute Gasteiger partial charge is 0.153 e. The molecule has 0 aromatic rings. The molecule has 20 heavy (non-hydrogen) atoms. The summed E-state index contributed by atoms with van der Waals surface area (Å²) in [6.45, 7) is 2.13. The van der Waals surface area contributed by atoms with Crippen LogP contribution in [0.2, 0.25) is 0 Å². The molecular weight excluding hydrogens is 270 g/mol. The number of hydrogen-bond donors (Lipinski definition) is 0. The maximum Gasteiger partial charge on any atom is 0.153 e. The van der Waals surface area contributed by atoms with Gasteiger partial charge in [0.1, 0.15) is 0 Å². The molecule has 0 radical (unpaired) electrons. The van der Waals surface area contributed by atoms with Gasteiger partial charge < -0.3 is 4.90 Å². The zero-order valence-corrected chi connectivity index (χ0v) is 14.2. The van der Waals surface area contributed by atoms with Gasteiger partial charge in [-0.2, -0.15) is 0 Å². The van der Waals surface area contributed by atoms with Gasteiger partial charge in [-0.25, -0.2) is 8.42 Å². The fraction of sp³-hybridized carbons (Fsp3) is 1.00. The van der Waals surface area contributed by atoms with Gasteiger partial charge in [-0.15, -0.1) is 0 Å². The number of sulfone groups is 1. The first-order valence-electron chi connectivity index (χ1n) is 8.28. The van der Waals surface area contributed by atoms with Crippen LogP contribution in [0.25, 0.3) is 0 Å². The highest BCUT2D eigenvalue weighted by atomic mass is 32.2. The van der Waals surface area contributed by atoms with Crippen LogP contribution in [-0.4, -0.2) is 44.5 Å². The molecular formula is C16H31NO2S. The van der Waals surface area contributed by atoms with Crippen LogP contribution in [-0.2, 0) is 9.84 Å². The monoisotopic (exact) mass is 301 g/mol. The summed E-state index contributed by atoms with van der Waals surface area (Å²) in [4.78, 5) is 2.20. The summed E-state index contributed by atoms with van der Waals surface area (Å²) in [6.07, 6.45) is 9.01. The maximum absolute atomic E-state index is 12.8. The molecule has 2 aliphatic rings.